The van der Waals surface area contributed by atoms with Crippen LogP contribution in [0.1, 0.15) is 29.9 Å². The maximum Gasteiger partial charge on any atom is 0.167 e. The second kappa shape index (κ2) is 8.03. The molecule has 0 unspecified atom stereocenters. The summed E-state index contributed by atoms with van der Waals surface area (Å²) in [6.07, 6.45) is 1.72. The zero-order valence-corrected chi connectivity index (χ0v) is 15.3. The van der Waals surface area contributed by atoms with Crippen molar-refractivity contribution in [1.29, 1.82) is 0 Å². The molecule has 25 heavy (non-hydrogen) atoms. The van der Waals surface area contributed by atoms with E-state index >= 15 is 0 Å². The van der Waals surface area contributed by atoms with Crippen LogP contribution in [-0.4, -0.2) is 74.4 Å². The number of likely N-dealkylation sites (N-methyl/N-ethyl adjacent to an activating group) is 1. The fraction of sp³-hybridized carbons (Fsp3) is 0.611. The van der Waals surface area contributed by atoms with E-state index in [2.05, 4.69) is 56.5 Å². The Balaban J connectivity index is 1.51. The van der Waals surface area contributed by atoms with Crippen molar-refractivity contribution in [1.82, 2.24) is 30.0 Å². The molecule has 2 atom stereocenters. The number of aromatic nitrogens is 4. The van der Waals surface area contributed by atoms with Crippen molar-refractivity contribution in [2.24, 2.45) is 7.05 Å². The van der Waals surface area contributed by atoms with Gasteiger partial charge in [0, 0.05) is 33.2 Å². The number of aliphatic hydroxyl groups is 1. The zero-order valence-electron chi connectivity index (χ0n) is 15.3. The Labute approximate surface area is 149 Å². The van der Waals surface area contributed by atoms with Crippen molar-refractivity contribution in [3.63, 3.8) is 0 Å². The quantitative estimate of drug-likeness (QED) is 0.830. The van der Waals surface area contributed by atoms with Crippen molar-refractivity contribution in [3.8, 4) is 0 Å². The minimum absolute atomic E-state index is 0.0584. The molecular formula is C18H28N6O. The first-order valence-electron chi connectivity index (χ1n) is 8.94. The summed E-state index contributed by atoms with van der Waals surface area (Å²) in [4.78, 5) is 4.47. The van der Waals surface area contributed by atoms with E-state index in [1.165, 1.54) is 11.1 Å². The van der Waals surface area contributed by atoms with Crippen molar-refractivity contribution in [2.75, 3.05) is 33.2 Å². The minimum Gasteiger partial charge on any atom is -0.390 e. The van der Waals surface area contributed by atoms with Gasteiger partial charge in [-0.2, -0.15) is 0 Å². The highest BCUT2D eigenvalue weighted by Crippen LogP contribution is 2.17. The van der Waals surface area contributed by atoms with Crippen LogP contribution in [0.15, 0.2) is 24.3 Å². The Morgan fingerprint density at radius 1 is 1.20 bits per heavy atom. The molecule has 0 radical (unpaired) electrons. The molecular weight excluding hydrogens is 316 g/mol. The average molecular weight is 344 g/mol. The van der Waals surface area contributed by atoms with E-state index in [1.54, 1.807) is 4.68 Å². The Morgan fingerprint density at radius 2 is 1.84 bits per heavy atom. The first-order valence-corrected chi connectivity index (χ1v) is 8.94. The van der Waals surface area contributed by atoms with Crippen LogP contribution in [0.5, 0.6) is 0 Å². The van der Waals surface area contributed by atoms with E-state index in [9.17, 15) is 5.11 Å². The Hall–Kier alpha value is -1.83. The summed E-state index contributed by atoms with van der Waals surface area (Å²) in [6.45, 7) is 5.35. The topological polar surface area (TPSA) is 70.3 Å². The van der Waals surface area contributed by atoms with Crippen LogP contribution >= 0.6 is 0 Å². The van der Waals surface area contributed by atoms with E-state index in [4.69, 9.17) is 0 Å². The van der Waals surface area contributed by atoms with Crippen LogP contribution in [0, 0.1) is 0 Å². The molecule has 0 saturated heterocycles. The summed E-state index contributed by atoms with van der Waals surface area (Å²) in [7, 11) is 3.84. The number of aryl methyl sites for hydroxylation is 1. The van der Waals surface area contributed by atoms with Crippen molar-refractivity contribution >= 4 is 0 Å². The lowest BCUT2D eigenvalue weighted by atomic mass is 10.0. The van der Waals surface area contributed by atoms with Crippen LogP contribution in [0.25, 0.3) is 0 Å². The van der Waals surface area contributed by atoms with Gasteiger partial charge in [-0.25, -0.2) is 4.68 Å². The first-order chi connectivity index (χ1) is 12.0. The van der Waals surface area contributed by atoms with Gasteiger partial charge in [-0.1, -0.05) is 24.3 Å². The second-order valence-electron chi connectivity index (χ2n) is 7.00. The molecule has 0 fully saturated rings. The van der Waals surface area contributed by atoms with Gasteiger partial charge in [0.25, 0.3) is 0 Å². The van der Waals surface area contributed by atoms with Gasteiger partial charge in [-0.3, -0.25) is 4.90 Å². The number of hydrogen-bond donors (Lipinski definition) is 1. The smallest absolute Gasteiger partial charge is 0.167 e. The normalized spacial score (nSPS) is 18.0. The Bertz CT molecular complexity index is 661. The van der Waals surface area contributed by atoms with E-state index in [1.807, 2.05) is 14.1 Å². The first kappa shape index (κ1) is 18.0. The molecule has 2 aromatic rings. The molecule has 1 aromatic carbocycles. The molecule has 1 aromatic heterocycles. The lowest BCUT2D eigenvalue weighted by Crippen LogP contribution is -2.41. The molecule has 0 amide bonds. The lowest BCUT2D eigenvalue weighted by molar-refractivity contribution is 0.0702. The van der Waals surface area contributed by atoms with E-state index in [0.29, 0.717) is 13.1 Å². The van der Waals surface area contributed by atoms with Crippen LogP contribution < -0.4 is 0 Å². The van der Waals surface area contributed by atoms with Gasteiger partial charge < -0.3 is 10.0 Å². The van der Waals surface area contributed by atoms with Crippen molar-refractivity contribution < 1.29 is 5.11 Å². The van der Waals surface area contributed by atoms with E-state index in [-0.39, 0.29) is 6.04 Å². The van der Waals surface area contributed by atoms with Gasteiger partial charge in [0.15, 0.2) is 5.82 Å². The predicted molar refractivity (Wildman–Crippen MR) is 96.1 cm³/mol. The molecule has 7 heteroatoms. The SMILES string of the molecule is C[C@@H](c1nnnn1C)N(C)C[C@@H](O)CN1CCc2ccccc2CC1. The molecule has 1 N–H and O–H groups in total. The maximum atomic E-state index is 10.6. The van der Waals surface area contributed by atoms with Gasteiger partial charge in [0.2, 0.25) is 0 Å². The van der Waals surface area contributed by atoms with Crippen LogP contribution in [0.4, 0.5) is 0 Å². The number of β-amino-alcohol motifs (C(OH)–C–C–N with tert-alkyl or cyclic N) is 1. The number of fused-ring (bicyclic) bond motifs is 1. The summed E-state index contributed by atoms with van der Waals surface area (Å²) >= 11 is 0. The maximum absolute atomic E-state index is 10.6. The van der Waals surface area contributed by atoms with Crippen LogP contribution in [0.3, 0.4) is 0 Å². The molecule has 0 aliphatic carbocycles. The van der Waals surface area contributed by atoms with Crippen LogP contribution in [-0.2, 0) is 19.9 Å². The summed E-state index contributed by atoms with van der Waals surface area (Å²) < 4.78 is 1.68. The van der Waals surface area contributed by atoms with E-state index < -0.39 is 6.10 Å². The second-order valence-corrected chi connectivity index (χ2v) is 7.00. The monoisotopic (exact) mass is 344 g/mol. The fourth-order valence-electron chi connectivity index (χ4n) is 3.53. The van der Waals surface area contributed by atoms with Crippen LogP contribution in [0.2, 0.25) is 0 Å². The molecule has 136 valence electrons. The van der Waals surface area contributed by atoms with Crippen molar-refractivity contribution in [3.05, 3.63) is 41.2 Å². The molecule has 1 aliphatic rings. The standard InChI is InChI=1S/C18H28N6O/c1-14(18-19-20-21-23(18)3)22(2)12-17(25)13-24-10-8-15-6-4-5-7-16(15)9-11-24/h4-7,14,17,25H,8-13H2,1-3H3/t14-,17+/m0/s1. The molecule has 0 bridgehead atoms. The summed E-state index contributed by atoms with van der Waals surface area (Å²) in [5, 5.41) is 22.2. The summed E-state index contributed by atoms with van der Waals surface area (Å²) in [5.74, 6) is 0.805. The van der Waals surface area contributed by atoms with Gasteiger partial charge >= 0.3 is 0 Å². The highest BCUT2D eigenvalue weighted by Gasteiger charge is 2.22. The molecule has 3 rings (SSSR count). The largest absolute Gasteiger partial charge is 0.390 e. The molecule has 7 nitrogen and oxygen atoms in total. The molecule has 0 spiro atoms. The van der Waals surface area contributed by atoms with Crippen molar-refractivity contribution in [2.45, 2.75) is 31.9 Å². The van der Waals surface area contributed by atoms with Gasteiger partial charge in [0.05, 0.1) is 12.1 Å². The highest BCUT2D eigenvalue weighted by atomic mass is 16.3. The van der Waals surface area contributed by atoms with Gasteiger partial charge in [0.1, 0.15) is 0 Å². The Kier molecular flexibility index (Phi) is 5.78. The third-order valence-corrected chi connectivity index (χ3v) is 5.17. The summed E-state index contributed by atoms with van der Waals surface area (Å²) in [5.41, 5.74) is 2.89. The predicted octanol–water partition coefficient (Wildman–Crippen LogP) is 0.665. The molecule has 1 aliphatic heterocycles. The summed E-state index contributed by atoms with van der Waals surface area (Å²) in [6, 6.07) is 8.73. The minimum atomic E-state index is -0.394. The number of nitrogens with zero attached hydrogens (tertiary/aromatic N) is 6. The number of benzene rings is 1. The molecule has 2 heterocycles. The number of hydrogen-bond acceptors (Lipinski definition) is 6. The Morgan fingerprint density at radius 3 is 2.40 bits per heavy atom. The average Bonchev–Trinajstić information content (AvgIpc) is 2.92. The third-order valence-electron chi connectivity index (χ3n) is 5.17. The zero-order chi connectivity index (χ0) is 17.8. The lowest BCUT2D eigenvalue weighted by Gasteiger charge is -2.29. The number of tetrazole rings is 1. The number of aliphatic hydroxyl groups excluding tert-OH is 1. The van der Waals surface area contributed by atoms with E-state index in [0.717, 1.165) is 31.8 Å². The highest BCUT2D eigenvalue weighted by molar-refractivity contribution is 5.28. The van der Waals surface area contributed by atoms with Gasteiger partial charge in [-0.15, -0.1) is 5.10 Å². The fourth-order valence-corrected chi connectivity index (χ4v) is 3.53. The third kappa shape index (κ3) is 4.42. The van der Waals surface area contributed by atoms with Gasteiger partial charge in [-0.05, 0) is 48.4 Å². The molecule has 0 saturated carbocycles. The number of rotatable bonds is 6.